The van der Waals surface area contributed by atoms with Gasteiger partial charge in [0.15, 0.2) is 0 Å². The van der Waals surface area contributed by atoms with Crippen LogP contribution in [-0.4, -0.2) is 23.2 Å². The third kappa shape index (κ3) is 2.63. The van der Waals surface area contributed by atoms with Crippen LogP contribution in [0.3, 0.4) is 0 Å². The van der Waals surface area contributed by atoms with Crippen LogP contribution in [0.5, 0.6) is 0 Å². The summed E-state index contributed by atoms with van der Waals surface area (Å²) in [5, 5.41) is 5.45. The minimum atomic E-state index is -0.315. The second-order valence-corrected chi connectivity index (χ2v) is 7.00. The Labute approximate surface area is 131 Å². The highest BCUT2D eigenvalue weighted by atomic mass is 16.2. The molecule has 0 saturated heterocycles. The summed E-state index contributed by atoms with van der Waals surface area (Å²) in [6, 6.07) is 14.3. The second-order valence-electron chi connectivity index (χ2n) is 7.00. The minimum Gasteiger partial charge on any atom is -0.350 e. The molecule has 2 aromatic carbocycles. The molecule has 3 rings (SSSR count). The highest BCUT2D eigenvalue weighted by Gasteiger charge is 2.40. The third-order valence-electron chi connectivity index (χ3n) is 4.03. The van der Waals surface area contributed by atoms with Crippen LogP contribution in [0.15, 0.2) is 47.5 Å². The van der Waals surface area contributed by atoms with E-state index in [0.717, 1.165) is 5.71 Å². The van der Waals surface area contributed by atoms with Crippen molar-refractivity contribution in [3.63, 3.8) is 0 Å². The molecule has 2 atom stereocenters. The lowest BCUT2D eigenvalue weighted by Gasteiger charge is -2.35. The van der Waals surface area contributed by atoms with Gasteiger partial charge < -0.3 is 5.32 Å². The Hall–Kier alpha value is -2.16. The molecule has 22 heavy (non-hydrogen) atoms. The first-order chi connectivity index (χ1) is 10.4. The number of carbonyl (C=O) groups excluding carboxylic acids is 1. The fraction of sp³-hybridized carbons (Fsp3) is 0.368. The number of hydrogen-bond donors (Lipinski definition) is 1. The van der Waals surface area contributed by atoms with Gasteiger partial charge in [0.05, 0.1) is 5.92 Å². The monoisotopic (exact) mass is 294 g/mol. The van der Waals surface area contributed by atoms with Crippen LogP contribution in [-0.2, 0) is 4.79 Å². The molecule has 0 spiro atoms. The number of nitrogens with one attached hydrogen (secondary N) is 1. The van der Waals surface area contributed by atoms with Crippen LogP contribution in [0.4, 0.5) is 0 Å². The van der Waals surface area contributed by atoms with Gasteiger partial charge in [0.1, 0.15) is 6.04 Å². The third-order valence-corrected chi connectivity index (χ3v) is 4.03. The van der Waals surface area contributed by atoms with Gasteiger partial charge in [0.2, 0.25) is 5.91 Å². The van der Waals surface area contributed by atoms with Crippen LogP contribution in [0.2, 0.25) is 0 Å². The van der Waals surface area contributed by atoms with E-state index in [-0.39, 0.29) is 23.4 Å². The van der Waals surface area contributed by atoms with E-state index in [4.69, 9.17) is 0 Å². The molecule has 0 radical (unpaired) electrons. The summed E-state index contributed by atoms with van der Waals surface area (Å²) >= 11 is 0. The zero-order valence-corrected chi connectivity index (χ0v) is 13.6. The number of hydrogen-bond acceptors (Lipinski definition) is 2. The van der Waals surface area contributed by atoms with E-state index < -0.39 is 0 Å². The molecule has 114 valence electrons. The maximum Gasteiger partial charge on any atom is 0.246 e. The molecule has 0 aromatic heterocycles. The SMILES string of the molecule is CC1=N[C@H](C(=O)NC(C)(C)C)[C@H]1c1cccc2ccccc12. The van der Waals surface area contributed by atoms with Crippen LogP contribution < -0.4 is 5.32 Å². The van der Waals surface area contributed by atoms with E-state index in [9.17, 15) is 4.79 Å². The van der Waals surface area contributed by atoms with Gasteiger partial charge in [-0.05, 0) is 44.0 Å². The molecule has 1 aliphatic heterocycles. The number of aliphatic imine (C=N–C) groups is 1. The number of benzene rings is 2. The van der Waals surface area contributed by atoms with E-state index in [0.29, 0.717) is 0 Å². The average Bonchev–Trinajstić information content (AvgIpc) is 2.43. The van der Waals surface area contributed by atoms with Crippen LogP contribution in [0.25, 0.3) is 10.8 Å². The first kappa shape index (κ1) is 14.8. The van der Waals surface area contributed by atoms with E-state index in [1.54, 1.807) is 0 Å². The molecule has 1 heterocycles. The largest absolute Gasteiger partial charge is 0.350 e. The molecule has 1 aliphatic rings. The number of carbonyl (C=O) groups is 1. The Morgan fingerprint density at radius 1 is 1.09 bits per heavy atom. The molecular weight excluding hydrogens is 272 g/mol. The molecule has 0 fully saturated rings. The van der Waals surface area contributed by atoms with Gasteiger partial charge in [-0.3, -0.25) is 9.79 Å². The molecule has 3 nitrogen and oxygen atoms in total. The van der Waals surface area contributed by atoms with Gasteiger partial charge in [0, 0.05) is 11.3 Å². The molecule has 2 aromatic rings. The summed E-state index contributed by atoms with van der Waals surface area (Å²) in [6.45, 7) is 7.99. The fourth-order valence-corrected chi connectivity index (χ4v) is 3.09. The van der Waals surface area contributed by atoms with Crippen molar-refractivity contribution in [1.29, 1.82) is 0 Å². The van der Waals surface area contributed by atoms with Gasteiger partial charge >= 0.3 is 0 Å². The Morgan fingerprint density at radius 2 is 1.77 bits per heavy atom. The summed E-state index contributed by atoms with van der Waals surface area (Å²) in [7, 11) is 0. The van der Waals surface area contributed by atoms with Gasteiger partial charge in [-0.15, -0.1) is 0 Å². The Kier molecular flexibility index (Phi) is 3.51. The van der Waals surface area contributed by atoms with Crippen LogP contribution in [0, 0.1) is 0 Å². The van der Waals surface area contributed by atoms with Crippen molar-refractivity contribution in [3.8, 4) is 0 Å². The molecule has 3 heteroatoms. The van der Waals surface area contributed by atoms with Crippen molar-refractivity contribution in [2.75, 3.05) is 0 Å². The van der Waals surface area contributed by atoms with Gasteiger partial charge in [-0.2, -0.15) is 0 Å². The van der Waals surface area contributed by atoms with Crippen molar-refractivity contribution in [3.05, 3.63) is 48.0 Å². The van der Waals surface area contributed by atoms with Crippen molar-refractivity contribution >= 4 is 22.4 Å². The summed E-state index contributed by atoms with van der Waals surface area (Å²) in [5.41, 5.74) is 1.99. The lowest BCUT2D eigenvalue weighted by Crippen LogP contribution is -2.51. The molecule has 1 N–H and O–H groups in total. The molecule has 0 bridgehead atoms. The van der Waals surface area contributed by atoms with Crippen molar-refractivity contribution in [2.45, 2.75) is 45.2 Å². The lowest BCUT2D eigenvalue weighted by atomic mass is 9.80. The Morgan fingerprint density at radius 3 is 2.45 bits per heavy atom. The van der Waals surface area contributed by atoms with Gasteiger partial charge in [-0.1, -0.05) is 42.5 Å². The summed E-state index contributed by atoms with van der Waals surface area (Å²) in [5.74, 6) is 0.0875. The average molecular weight is 294 g/mol. The predicted octanol–water partition coefficient (Wildman–Crippen LogP) is 3.68. The second kappa shape index (κ2) is 5.24. The lowest BCUT2D eigenvalue weighted by molar-refractivity contribution is -0.124. The summed E-state index contributed by atoms with van der Waals surface area (Å²) < 4.78 is 0. The van der Waals surface area contributed by atoms with Crippen LogP contribution in [0.1, 0.15) is 39.2 Å². The van der Waals surface area contributed by atoms with Crippen molar-refractivity contribution in [2.24, 2.45) is 4.99 Å². The van der Waals surface area contributed by atoms with E-state index in [1.165, 1.54) is 16.3 Å². The minimum absolute atomic E-state index is 0.0102. The molecule has 0 unspecified atom stereocenters. The zero-order valence-electron chi connectivity index (χ0n) is 13.6. The fourth-order valence-electron chi connectivity index (χ4n) is 3.09. The topological polar surface area (TPSA) is 41.5 Å². The maximum absolute atomic E-state index is 12.5. The van der Waals surface area contributed by atoms with E-state index in [1.807, 2.05) is 39.8 Å². The summed E-state index contributed by atoms with van der Waals surface area (Å²) in [4.78, 5) is 17.0. The number of nitrogens with zero attached hydrogens (tertiary/aromatic N) is 1. The quantitative estimate of drug-likeness (QED) is 0.902. The molecule has 0 saturated carbocycles. The Balaban J connectivity index is 1.97. The standard InChI is InChI=1S/C19H22N2O/c1-12-16(17(20-12)18(22)21-19(2,3)4)15-11-7-9-13-8-5-6-10-14(13)15/h5-11,16-17H,1-4H3,(H,21,22)/t16-,17+/m1/s1. The zero-order chi connectivity index (χ0) is 15.9. The van der Waals surface area contributed by atoms with Crippen molar-refractivity contribution in [1.82, 2.24) is 5.32 Å². The van der Waals surface area contributed by atoms with E-state index in [2.05, 4.69) is 40.6 Å². The maximum atomic E-state index is 12.5. The number of amides is 1. The van der Waals surface area contributed by atoms with Gasteiger partial charge in [-0.25, -0.2) is 0 Å². The highest BCUT2D eigenvalue weighted by molar-refractivity contribution is 6.06. The van der Waals surface area contributed by atoms with E-state index >= 15 is 0 Å². The molecular formula is C19H22N2O. The first-order valence-electron chi connectivity index (χ1n) is 7.71. The first-order valence-corrected chi connectivity index (χ1v) is 7.71. The number of rotatable bonds is 2. The highest BCUT2D eigenvalue weighted by Crippen LogP contribution is 2.36. The predicted molar refractivity (Wildman–Crippen MR) is 91.5 cm³/mol. The van der Waals surface area contributed by atoms with Crippen LogP contribution >= 0.6 is 0 Å². The Bertz CT molecular complexity index is 750. The normalized spacial score (nSPS) is 21.2. The van der Waals surface area contributed by atoms with Gasteiger partial charge in [0.25, 0.3) is 0 Å². The molecule has 1 amide bonds. The number of fused-ring (bicyclic) bond motifs is 1. The smallest absolute Gasteiger partial charge is 0.246 e. The molecule has 0 aliphatic carbocycles. The summed E-state index contributed by atoms with van der Waals surface area (Å²) in [6.07, 6.45) is 0. The van der Waals surface area contributed by atoms with Crippen molar-refractivity contribution < 1.29 is 4.79 Å².